The summed E-state index contributed by atoms with van der Waals surface area (Å²) in [6.07, 6.45) is 0. The van der Waals surface area contributed by atoms with Crippen LogP contribution in [0.1, 0.15) is 18.1 Å². The Morgan fingerprint density at radius 1 is 1.17 bits per heavy atom. The SMILES string of the molecule is CN=C(NCc1cccc(NC(C)=O)c1)NCc1cc2c(cc1OC(F)F)OCO2. The minimum Gasteiger partial charge on any atom is -0.454 e. The lowest BCUT2D eigenvalue weighted by atomic mass is 10.1. The van der Waals surface area contributed by atoms with Crippen LogP contribution < -0.4 is 30.2 Å². The van der Waals surface area contributed by atoms with Crippen molar-refractivity contribution in [1.82, 2.24) is 10.6 Å². The van der Waals surface area contributed by atoms with E-state index in [0.29, 0.717) is 35.3 Å². The quantitative estimate of drug-likeness (QED) is 0.471. The third-order valence-electron chi connectivity index (χ3n) is 4.15. The molecule has 8 nitrogen and oxygen atoms in total. The Hall–Kier alpha value is -3.56. The molecule has 1 heterocycles. The van der Waals surface area contributed by atoms with Gasteiger partial charge in [-0.05, 0) is 23.8 Å². The van der Waals surface area contributed by atoms with Crippen LogP contribution in [0.25, 0.3) is 0 Å². The average Bonchev–Trinajstić information content (AvgIpc) is 3.14. The fourth-order valence-corrected chi connectivity index (χ4v) is 2.86. The van der Waals surface area contributed by atoms with Gasteiger partial charge in [-0.3, -0.25) is 9.79 Å². The Bertz CT molecular complexity index is 937. The first kappa shape index (κ1) is 21.2. The van der Waals surface area contributed by atoms with E-state index in [0.717, 1.165) is 5.56 Å². The molecule has 160 valence electrons. The maximum atomic E-state index is 12.8. The number of benzene rings is 2. The zero-order valence-electron chi connectivity index (χ0n) is 16.5. The first-order valence-corrected chi connectivity index (χ1v) is 9.13. The number of fused-ring (bicyclic) bond motifs is 1. The maximum absolute atomic E-state index is 12.8. The fraction of sp³-hybridized carbons (Fsp3) is 0.300. The van der Waals surface area contributed by atoms with Crippen molar-refractivity contribution in [2.75, 3.05) is 19.2 Å². The smallest absolute Gasteiger partial charge is 0.387 e. The van der Waals surface area contributed by atoms with Crippen LogP contribution in [0.3, 0.4) is 0 Å². The Morgan fingerprint density at radius 3 is 2.60 bits per heavy atom. The van der Waals surface area contributed by atoms with Crippen LogP contribution in [0.15, 0.2) is 41.4 Å². The van der Waals surface area contributed by atoms with Crippen molar-refractivity contribution in [2.24, 2.45) is 4.99 Å². The minimum atomic E-state index is -2.96. The second-order valence-corrected chi connectivity index (χ2v) is 6.35. The van der Waals surface area contributed by atoms with E-state index < -0.39 is 6.61 Å². The molecular weight excluding hydrogens is 398 g/mol. The predicted octanol–water partition coefficient (Wildman–Crippen LogP) is 2.84. The van der Waals surface area contributed by atoms with Crippen LogP contribution in [0.2, 0.25) is 0 Å². The predicted molar refractivity (Wildman–Crippen MR) is 107 cm³/mol. The van der Waals surface area contributed by atoms with Gasteiger partial charge in [0, 0.05) is 44.4 Å². The number of anilines is 1. The van der Waals surface area contributed by atoms with E-state index in [1.807, 2.05) is 18.2 Å². The number of hydrogen-bond donors (Lipinski definition) is 3. The topological polar surface area (TPSA) is 93.2 Å². The zero-order valence-corrected chi connectivity index (χ0v) is 16.5. The van der Waals surface area contributed by atoms with E-state index in [1.54, 1.807) is 19.2 Å². The van der Waals surface area contributed by atoms with Gasteiger partial charge in [0.05, 0.1) is 0 Å². The highest BCUT2D eigenvalue weighted by Gasteiger charge is 2.20. The number of guanidine groups is 1. The molecule has 0 spiro atoms. The Morgan fingerprint density at radius 2 is 1.90 bits per heavy atom. The normalized spacial score (nSPS) is 12.6. The van der Waals surface area contributed by atoms with Crippen LogP contribution in [0.5, 0.6) is 17.2 Å². The first-order valence-electron chi connectivity index (χ1n) is 9.13. The van der Waals surface area contributed by atoms with Crippen LogP contribution in [-0.4, -0.2) is 32.3 Å². The van der Waals surface area contributed by atoms with Gasteiger partial charge in [-0.15, -0.1) is 0 Å². The van der Waals surface area contributed by atoms with Gasteiger partial charge in [0.25, 0.3) is 0 Å². The third-order valence-corrected chi connectivity index (χ3v) is 4.15. The number of hydrogen-bond acceptors (Lipinski definition) is 5. The molecule has 0 bridgehead atoms. The van der Waals surface area contributed by atoms with E-state index in [9.17, 15) is 13.6 Å². The molecule has 3 N–H and O–H groups in total. The summed E-state index contributed by atoms with van der Waals surface area (Å²) in [5, 5.41) is 8.91. The van der Waals surface area contributed by atoms with Crippen LogP contribution >= 0.6 is 0 Å². The molecule has 0 radical (unpaired) electrons. The van der Waals surface area contributed by atoms with Gasteiger partial charge >= 0.3 is 6.61 Å². The monoisotopic (exact) mass is 420 g/mol. The van der Waals surface area contributed by atoms with Crippen LogP contribution in [0.4, 0.5) is 14.5 Å². The second kappa shape index (κ2) is 9.77. The van der Waals surface area contributed by atoms with Gasteiger partial charge in [-0.2, -0.15) is 8.78 Å². The van der Waals surface area contributed by atoms with Gasteiger partial charge < -0.3 is 30.2 Å². The van der Waals surface area contributed by atoms with Crippen molar-refractivity contribution in [3.8, 4) is 17.2 Å². The number of carbonyl (C=O) groups excluding carboxylic acids is 1. The van der Waals surface area contributed by atoms with Crippen molar-refractivity contribution in [3.05, 3.63) is 47.5 Å². The summed E-state index contributed by atoms with van der Waals surface area (Å²) in [4.78, 5) is 15.3. The summed E-state index contributed by atoms with van der Waals surface area (Å²) < 4.78 is 40.6. The molecule has 0 saturated carbocycles. The molecule has 0 atom stereocenters. The van der Waals surface area contributed by atoms with Gasteiger partial charge in [0.15, 0.2) is 17.5 Å². The number of amides is 1. The first-order chi connectivity index (χ1) is 14.4. The van der Waals surface area contributed by atoms with Gasteiger partial charge in [0.1, 0.15) is 5.75 Å². The summed E-state index contributed by atoms with van der Waals surface area (Å²) in [7, 11) is 1.60. The van der Waals surface area contributed by atoms with E-state index in [1.165, 1.54) is 13.0 Å². The molecule has 10 heteroatoms. The van der Waals surface area contributed by atoms with E-state index >= 15 is 0 Å². The van der Waals surface area contributed by atoms with Crippen molar-refractivity contribution >= 4 is 17.6 Å². The van der Waals surface area contributed by atoms with Crippen LogP contribution in [0, 0.1) is 0 Å². The number of nitrogens with one attached hydrogen (secondary N) is 3. The van der Waals surface area contributed by atoms with Gasteiger partial charge in [-0.25, -0.2) is 0 Å². The molecule has 0 aliphatic carbocycles. The van der Waals surface area contributed by atoms with Crippen LogP contribution in [-0.2, 0) is 17.9 Å². The van der Waals surface area contributed by atoms with Gasteiger partial charge in [-0.1, -0.05) is 12.1 Å². The lowest BCUT2D eigenvalue weighted by Gasteiger charge is -2.15. The van der Waals surface area contributed by atoms with E-state index in [2.05, 4.69) is 25.7 Å². The Labute approximate surface area is 172 Å². The molecular formula is C20H22F2N4O4. The number of rotatable bonds is 7. The molecule has 0 saturated heterocycles. The number of alkyl halides is 2. The summed E-state index contributed by atoms with van der Waals surface area (Å²) in [6, 6.07) is 10.3. The maximum Gasteiger partial charge on any atom is 0.387 e. The molecule has 1 aliphatic heterocycles. The fourth-order valence-electron chi connectivity index (χ4n) is 2.86. The number of carbonyl (C=O) groups is 1. The average molecular weight is 420 g/mol. The summed E-state index contributed by atoms with van der Waals surface area (Å²) in [5.41, 5.74) is 2.09. The molecule has 1 aliphatic rings. The highest BCUT2D eigenvalue weighted by atomic mass is 19.3. The van der Waals surface area contributed by atoms with Crippen molar-refractivity contribution < 1.29 is 27.8 Å². The molecule has 0 unspecified atom stereocenters. The second-order valence-electron chi connectivity index (χ2n) is 6.35. The number of nitrogens with zero attached hydrogens (tertiary/aromatic N) is 1. The third kappa shape index (κ3) is 5.72. The molecule has 30 heavy (non-hydrogen) atoms. The number of halogens is 2. The highest BCUT2D eigenvalue weighted by molar-refractivity contribution is 5.88. The molecule has 0 fully saturated rings. The molecule has 1 amide bonds. The largest absolute Gasteiger partial charge is 0.454 e. The van der Waals surface area contributed by atoms with Gasteiger partial charge in [0.2, 0.25) is 12.7 Å². The standard InChI is InChI=1S/C20H22F2N4O4/c1-12(27)26-15-5-3-4-13(6-15)9-24-20(23-2)25-10-14-7-17-18(29-11-28-17)8-16(14)30-19(21)22/h3-8,19H,9-11H2,1-2H3,(H,26,27)(H2,23,24,25). The highest BCUT2D eigenvalue weighted by Crippen LogP contribution is 2.38. The van der Waals surface area contributed by atoms with E-state index in [4.69, 9.17) is 9.47 Å². The molecule has 2 aromatic rings. The Balaban J connectivity index is 1.62. The molecule has 2 aromatic carbocycles. The molecule has 3 rings (SSSR count). The molecule has 0 aromatic heterocycles. The number of ether oxygens (including phenoxy) is 3. The summed E-state index contributed by atoms with van der Waals surface area (Å²) in [6.45, 7) is -0.878. The summed E-state index contributed by atoms with van der Waals surface area (Å²) in [5.74, 6) is 1.13. The Kier molecular flexibility index (Phi) is 6.89. The van der Waals surface area contributed by atoms with E-state index in [-0.39, 0.29) is 25.0 Å². The minimum absolute atomic E-state index is 0.000196. The lowest BCUT2D eigenvalue weighted by Crippen LogP contribution is -2.36. The summed E-state index contributed by atoms with van der Waals surface area (Å²) >= 11 is 0. The van der Waals surface area contributed by atoms with Crippen molar-refractivity contribution in [2.45, 2.75) is 26.6 Å². The zero-order chi connectivity index (χ0) is 21.5. The lowest BCUT2D eigenvalue weighted by molar-refractivity contribution is -0.114. The van der Waals surface area contributed by atoms with Crippen molar-refractivity contribution in [1.29, 1.82) is 0 Å². The van der Waals surface area contributed by atoms with Crippen molar-refractivity contribution in [3.63, 3.8) is 0 Å². The number of aliphatic imine (C=N–C) groups is 1.